The van der Waals surface area contributed by atoms with Crippen LogP contribution in [-0.2, 0) is 28.9 Å². The molecule has 0 spiro atoms. The summed E-state index contributed by atoms with van der Waals surface area (Å²) in [7, 11) is 1.67. The molecule has 1 aliphatic rings. The molecular formula is C23H29NO3. The second kappa shape index (κ2) is 8.57. The van der Waals surface area contributed by atoms with Gasteiger partial charge >= 0.3 is 0 Å². The van der Waals surface area contributed by atoms with E-state index in [1.165, 1.54) is 11.1 Å². The Labute approximate surface area is 162 Å². The van der Waals surface area contributed by atoms with Crippen molar-refractivity contribution in [3.8, 4) is 5.75 Å². The molecule has 4 nitrogen and oxygen atoms in total. The van der Waals surface area contributed by atoms with Crippen molar-refractivity contribution in [1.29, 1.82) is 0 Å². The molecule has 1 heterocycles. The van der Waals surface area contributed by atoms with E-state index >= 15 is 0 Å². The Balaban J connectivity index is 1.75. The highest BCUT2D eigenvalue weighted by molar-refractivity contribution is 5.79. The molecule has 0 saturated carbocycles. The first-order valence-electron chi connectivity index (χ1n) is 9.58. The van der Waals surface area contributed by atoms with E-state index in [0.29, 0.717) is 19.6 Å². The van der Waals surface area contributed by atoms with Crippen molar-refractivity contribution in [2.75, 3.05) is 13.7 Å². The number of ether oxygens (including phenoxy) is 2. The number of carbonyl (C=O) groups excluding carboxylic acids is 1. The molecular weight excluding hydrogens is 338 g/mol. The molecule has 0 N–H and O–H groups in total. The lowest BCUT2D eigenvalue weighted by Gasteiger charge is -2.29. The molecule has 2 atom stereocenters. The minimum atomic E-state index is 0.0146. The van der Waals surface area contributed by atoms with Gasteiger partial charge in [0.15, 0.2) is 0 Å². The summed E-state index contributed by atoms with van der Waals surface area (Å²) >= 11 is 0. The van der Waals surface area contributed by atoms with Gasteiger partial charge in [0.05, 0.1) is 19.1 Å². The van der Waals surface area contributed by atoms with Gasteiger partial charge in [-0.05, 0) is 43.5 Å². The predicted octanol–water partition coefficient (Wildman–Crippen LogP) is 3.92. The number of hydrogen-bond donors (Lipinski definition) is 0. The molecule has 144 valence electrons. The van der Waals surface area contributed by atoms with Crippen molar-refractivity contribution in [3.05, 3.63) is 64.7 Å². The molecule has 2 aromatic carbocycles. The average Bonchev–Trinajstić information content (AvgIpc) is 2.99. The fourth-order valence-corrected chi connectivity index (χ4v) is 3.69. The number of nitrogens with zero attached hydrogens (tertiary/aromatic N) is 1. The van der Waals surface area contributed by atoms with Gasteiger partial charge in [0, 0.05) is 20.1 Å². The van der Waals surface area contributed by atoms with Crippen molar-refractivity contribution in [3.63, 3.8) is 0 Å². The highest BCUT2D eigenvalue weighted by atomic mass is 16.5. The third kappa shape index (κ3) is 4.89. The maximum atomic E-state index is 13.1. The second-order valence-corrected chi connectivity index (χ2v) is 7.57. The lowest BCUT2D eigenvalue weighted by atomic mass is 10.0. The Morgan fingerprint density at radius 2 is 2.07 bits per heavy atom. The first-order valence-corrected chi connectivity index (χ1v) is 9.58. The van der Waals surface area contributed by atoms with Crippen molar-refractivity contribution in [2.45, 2.75) is 52.3 Å². The summed E-state index contributed by atoms with van der Waals surface area (Å²) in [5.41, 5.74) is 4.58. The summed E-state index contributed by atoms with van der Waals surface area (Å²) in [6.07, 6.45) is 1.51. The van der Waals surface area contributed by atoms with Crippen LogP contribution < -0.4 is 4.74 Å². The van der Waals surface area contributed by atoms with Crippen LogP contribution in [0.4, 0.5) is 0 Å². The number of methoxy groups -OCH3 is 1. The van der Waals surface area contributed by atoms with E-state index in [4.69, 9.17) is 9.47 Å². The average molecular weight is 367 g/mol. The van der Waals surface area contributed by atoms with Gasteiger partial charge in [-0.25, -0.2) is 0 Å². The first kappa shape index (κ1) is 19.4. The summed E-state index contributed by atoms with van der Waals surface area (Å²) < 4.78 is 11.1. The lowest BCUT2D eigenvalue weighted by Crippen LogP contribution is -2.41. The molecule has 27 heavy (non-hydrogen) atoms. The van der Waals surface area contributed by atoms with Crippen LogP contribution in [0, 0.1) is 6.92 Å². The summed E-state index contributed by atoms with van der Waals surface area (Å²) in [5, 5.41) is 0. The number of benzene rings is 2. The van der Waals surface area contributed by atoms with Crippen LogP contribution >= 0.6 is 0 Å². The van der Waals surface area contributed by atoms with E-state index in [1.54, 1.807) is 7.11 Å². The number of rotatable bonds is 7. The van der Waals surface area contributed by atoms with Crippen LogP contribution in [-0.4, -0.2) is 36.7 Å². The normalized spacial score (nSPS) is 16.5. The molecule has 0 unspecified atom stereocenters. The van der Waals surface area contributed by atoms with Gasteiger partial charge < -0.3 is 14.4 Å². The minimum absolute atomic E-state index is 0.0146. The molecule has 0 radical (unpaired) electrons. The Kier molecular flexibility index (Phi) is 6.17. The number of carbonyl (C=O) groups is 1. The van der Waals surface area contributed by atoms with Gasteiger partial charge in [-0.1, -0.05) is 42.0 Å². The van der Waals surface area contributed by atoms with Crippen molar-refractivity contribution in [2.24, 2.45) is 0 Å². The number of aryl methyl sites for hydroxylation is 1. The largest absolute Gasteiger partial charge is 0.490 e. The first-order chi connectivity index (χ1) is 13.0. The number of amides is 1. The maximum absolute atomic E-state index is 13.1. The molecule has 4 heteroatoms. The fraction of sp³-hybridized carbons (Fsp3) is 0.435. The smallest absolute Gasteiger partial charge is 0.227 e. The van der Waals surface area contributed by atoms with Crippen LogP contribution in [0.3, 0.4) is 0 Å². The topological polar surface area (TPSA) is 38.8 Å². The van der Waals surface area contributed by atoms with Crippen LogP contribution in [0.1, 0.15) is 36.1 Å². The Bertz CT molecular complexity index is 802. The van der Waals surface area contributed by atoms with Crippen LogP contribution in [0.25, 0.3) is 0 Å². The van der Waals surface area contributed by atoms with Crippen molar-refractivity contribution >= 4 is 5.91 Å². The SMILES string of the molecule is COC[C@@H](C)N(Cc1cccc(C)c1)C(=O)Cc1ccc2c(c1)C[C@@H](C)O2. The highest BCUT2D eigenvalue weighted by Gasteiger charge is 2.23. The van der Waals surface area contributed by atoms with Crippen LogP contribution in [0.15, 0.2) is 42.5 Å². The van der Waals surface area contributed by atoms with Gasteiger partial charge in [-0.15, -0.1) is 0 Å². The number of fused-ring (bicyclic) bond motifs is 1. The van der Waals surface area contributed by atoms with E-state index in [2.05, 4.69) is 38.1 Å². The van der Waals surface area contributed by atoms with E-state index in [1.807, 2.05) is 30.0 Å². The van der Waals surface area contributed by atoms with Crippen molar-refractivity contribution in [1.82, 2.24) is 4.90 Å². The molecule has 0 aliphatic carbocycles. The highest BCUT2D eigenvalue weighted by Crippen LogP contribution is 2.29. The zero-order valence-corrected chi connectivity index (χ0v) is 16.7. The minimum Gasteiger partial charge on any atom is -0.490 e. The standard InChI is InChI=1S/C23H29NO3/c1-16-6-5-7-20(10-16)14-24(17(2)15-26-4)23(25)13-19-8-9-22-21(12-19)11-18(3)27-22/h5-10,12,17-18H,11,13-15H2,1-4H3/t17-,18-/m1/s1. The fourth-order valence-electron chi connectivity index (χ4n) is 3.69. The Morgan fingerprint density at radius 1 is 1.26 bits per heavy atom. The van der Waals surface area contributed by atoms with E-state index in [-0.39, 0.29) is 18.1 Å². The monoisotopic (exact) mass is 367 g/mol. The van der Waals surface area contributed by atoms with Gasteiger partial charge in [0.25, 0.3) is 0 Å². The zero-order chi connectivity index (χ0) is 19.4. The summed E-state index contributed by atoms with van der Waals surface area (Å²) in [6, 6.07) is 14.4. The summed E-state index contributed by atoms with van der Waals surface area (Å²) in [4.78, 5) is 15.0. The molecule has 0 saturated heterocycles. The third-order valence-corrected chi connectivity index (χ3v) is 5.01. The van der Waals surface area contributed by atoms with Gasteiger partial charge in [-0.2, -0.15) is 0 Å². The summed E-state index contributed by atoms with van der Waals surface area (Å²) in [5.74, 6) is 1.07. The van der Waals surface area contributed by atoms with Crippen molar-refractivity contribution < 1.29 is 14.3 Å². The molecule has 0 bridgehead atoms. The van der Waals surface area contributed by atoms with Gasteiger partial charge in [-0.3, -0.25) is 4.79 Å². The van der Waals surface area contributed by atoms with Gasteiger partial charge in [0.2, 0.25) is 5.91 Å². The maximum Gasteiger partial charge on any atom is 0.227 e. The quantitative estimate of drug-likeness (QED) is 0.744. The summed E-state index contributed by atoms with van der Waals surface area (Å²) in [6.45, 7) is 7.29. The molecule has 0 fully saturated rings. The van der Waals surface area contributed by atoms with Crippen LogP contribution in [0.2, 0.25) is 0 Å². The molecule has 2 aromatic rings. The molecule has 1 aliphatic heterocycles. The van der Waals surface area contributed by atoms with Crippen LogP contribution in [0.5, 0.6) is 5.75 Å². The Morgan fingerprint density at radius 3 is 2.81 bits per heavy atom. The second-order valence-electron chi connectivity index (χ2n) is 7.57. The Hall–Kier alpha value is -2.33. The lowest BCUT2D eigenvalue weighted by molar-refractivity contribution is -0.134. The predicted molar refractivity (Wildman–Crippen MR) is 107 cm³/mol. The molecule has 0 aromatic heterocycles. The number of hydrogen-bond acceptors (Lipinski definition) is 3. The zero-order valence-electron chi connectivity index (χ0n) is 16.7. The van der Waals surface area contributed by atoms with Gasteiger partial charge in [0.1, 0.15) is 11.9 Å². The van der Waals surface area contributed by atoms with E-state index in [0.717, 1.165) is 23.3 Å². The third-order valence-electron chi connectivity index (χ3n) is 5.01. The van der Waals surface area contributed by atoms with E-state index < -0.39 is 0 Å². The molecule has 1 amide bonds. The van der Waals surface area contributed by atoms with E-state index in [9.17, 15) is 4.79 Å². The molecule has 3 rings (SSSR count).